The van der Waals surface area contributed by atoms with E-state index >= 15 is 0 Å². The SMILES string of the molecule is C/C=C(\PC1C=CC(N2CCNCC2)=CN1C=O)c1cc(F)cc(OC)c1. The lowest BCUT2D eigenvalue weighted by Crippen LogP contribution is -2.43. The zero-order valence-electron chi connectivity index (χ0n) is 15.6. The molecule has 1 amide bonds. The molecular formula is C20H25FN3O2P. The number of carbonyl (C=O) groups excluding carboxylic acids is 1. The van der Waals surface area contributed by atoms with Crippen LogP contribution in [0.5, 0.6) is 5.75 Å². The van der Waals surface area contributed by atoms with Gasteiger partial charge in [0.05, 0.1) is 18.6 Å². The Morgan fingerprint density at radius 3 is 2.78 bits per heavy atom. The van der Waals surface area contributed by atoms with Gasteiger partial charge in [-0.05, 0) is 36.0 Å². The van der Waals surface area contributed by atoms with E-state index in [1.54, 1.807) is 4.90 Å². The minimum atomic E-state index is -0.333. The fourth-order valence-electron chi connectivity index (χ4n) is 3.22. The Bertz CT molecular complexity index is 772. The minimum absolute atomic E-state index is 0.0744. The van der Waals surface area contributed by atoms with Crippen molar-refractivity contribution in [3.05, 3.63) is 59.7 Å². The summed E-state index contributed by atoms with van der Waals surface area (Å²) in [4.78, 5) is 15.7. The van der Waals surface area contributed by atoms with Gasteiger partial charge in [0.2, 0.25) is 6.41 Å². The van der Waals surface area contributed by atoms with Gasteiger partial charge in [0.15, 0.2) is 0 Å². The Morgan fingerprint density at radius 2 is 2.11 bits per heavy atom. The van der Waals surface area contributed by atoms with Crippen molar-refractivity contribution < 1.29 is 13.9 Å². The van der Waals surface area contributed by atoms with E-state index in [9.17, 15) is 9.18 Å². The molecule has 0 aromatic heterocycles. The van der Waals surface area contributed by atoms with Gasteiger partial charge < -0.3 is 19.9 Å². The number of piperazine rings is 1. The molecule has 3 rings (SSSR count). The van der Waals surface area contributed by atoms with Crippen LogP contribution >= 0.6 is 8.58 Å². The third kappa shape index (κ3) is 4.76. The highest BCUT2D eigenvalue weighted by Crippen LogP contribution is 2.41. The Balaban J connectivity index is 1.76. The number of rotatable bonds is 6. The molecule has 0 bridgehead atoms. The van der Waals surface area contributed by atoms with Crippen LogP contribution in [0.4, 0.5) is 4.39 Å². The number of amides is 1. The number of benzene rings is 1. The normalized spacial score (nSPS) is 20.9. The van der Waals surface area contributed by atoms with Crippen LogP contribution in [-0.2, 0) is 4.79 Å². The first-order valence-corrected chi connectivity index (χ1v) is 10.1. The van der Waals surface area contributed by atoms with E-state index in [1.165, 1.54) is 19.2 Å². The molecule has 27 heavy (non-hydrogen) atoms. The summed E-state index contributed by atoms with van der Waals surface area (Å²) in [6.07, 6.45) is 8.89. The molecule has 2 aliphatic rings. The number of ether oxygens (including phenoxy) is 1. The van der Waals surface area contributed by atoms with Crippen molar-refractivity contribution in [3.8, 4) is 5.75 Å². The van der Waals surface area contributed by atoms with Crippen molar-refractivity contribution >= 4 is 20.3 Å². The van der Waals surface area contributed by atoms with Gasteiger partial charge in [-0.25, -0.2) is 4.39 Å². The summed E-state index contributed by atoms with van der Waals surface area (Å²) in [6.45, 7) is 5.68. The molecule has 2 unspecified atom stereocenters. The molecule has 0 aliphatic carbocycles. The molecule has 0 spiro atoms. The maximum Gasteiger partial charge on any atom is 0.214 e. The van der Waals surface area contributed by atoms with Crippen LogP contribution < -0.4 is 10.1 Å². The zero-order valence-corrected chi connectivity index (χ0v) is 16.6. The smallest absolute Gasteiger partial charge is 0.214 e. The number of hydrogen-bond acceptors (Lipinski definition) is 4. The Labute approximate surface area is 161 Å². The molecule has 1 aromatic rings. The van der Waals surface area contributed by atoms with Gasteiger partial charge in [0.1, 0.15) is 11.6 Å². The highest BCUT2D eigenvalue weighted by Gasteiger charge is 2.22. The third-order valence-electron chi connectivity index (χ3n) is 4.67. The molecule has 1 N–H and O–H groups in total. The maximum atomic E-state index is 13.9. The van der Waals surface area contributed by atoms with Crippen LogP contribution in [0.3, 0.4) is 0 Å². The van der Waals surface area contributed by atoms with Crippen LogP contribution in [-0.4, -0.2) is 55.3 Å². The standard InChI is InChI=1S/C20H25FN3O2P/c1-3-19(15-10-16(21)12-18(11-15)26-2)27-20-5-4-17(13-24(20)14-25)23-8-6-22-7-9-23/h3-5,10-14,20,22,27H,6-9H2,1-2H3/b19-3-. The van der Waals surface area contributed by atoms with Crippen LogP contribution in [0.2, 0.25) is 0 Å². The zero-order chi connectivity index (χ0) is 19.2. The number of halogens is 1. The fourth-order valence-corrected chi connectivity index (χ4v) is 4.50. The van der Waals surface area contributed by atoms with Gasteiger partial charge in [0, 0.05) is 38.4 Å². The average Bonchev–Trinajstić information content (AvgIpc) is 2.72. The van der Waals surface area contributed by atoms with Crippen molar-refractivity contribution in [2.45, 2.75) is 12.7 Å². The van der Waals surface area contributed by atoms with Crippen LogP contribution in [0.1, 0.15) is 12.5 Å². The first-order valence-electron chi connectivity index (χ1n) is 9.01. The molecule has 2 aliphatic heterocycles. The number of carbonyl (C=O) groups is 1. The van der Waals surface area contributed by atoms with Crippen molar-refractivity contribution in [1.82, 2.24) is 15.1 Å². The molecule has 2 atom stereocenters. The van der Waals surface area contributed by atoms with E-state index in [1.807, 2.05) is 25.3 Å². The summed E-state index contributed by atoms with van der Waals surface area (Å²) in [5.74, 6) is 0.0805. The van der Waals surface area contributed by atoms with Crippen molar-refractivity contribution in [3.63, 3.8) is 0 Å². The predicted molar refractivity (Wildman–Crippen MR) is 108 cm³/mol. The summed E-state index contributed by atoms with van der Waals surface area (Å²) in [7, 11) is 1.83. The van der Waals surface area contributed by atoms with Gasteiger partial charge >= 0.3 is 0 Å². The number of allylic oxidation sites excluding steroid dienone is 2. The lowest BCUT2D eigenvalue weighted by Gasteiger charge is -2.35. The topological polar surface area (TPSA) is 44.8 Å². The summed E-state index contributed by atoms with van der Waals surface area (Å²) >= 11 is 0. The monoisotopic (exact) mass is 389 g/mol. The van der Waals surface area contributed by atoms with E-state index in [0.717, 1.165) is 49.2 Å². The summed E-state index contributed by atoms with van der Waals surface area (Å²) in [5, 5.41) is 4.32. The summed E-state index contributed by atoms with van der Waals surface area (Å²) in [5.41, 5.74) is 1.84. The van der Waals surface area contributed by atoms with Gasteiger partial charge in [-0.2, -0.15) is 0 Å². The molecule has 1 fully saturated rings. The summed E-state index contributed by atoms with van der Waals surface area (Å²) < 4.78 is 19.1. The molecule has 7 heteroatoms. The number of methoxy groups -OCH3 is 1. The van der Waals surface area contributed by atoms with Gasteiger partial charge in [-0.15, -0.1) is 0 Å². The Hall–Kier alpha value is -2.17. The van der Waals surface area contributed by atoms with Crippen molar-refractivity contribution in [2.24, 2.45) is 0 Å². The minimum Gasteiger partial charge on any atom is -0.497 e. The second-order valence-corrected chi connectivity index (χ2v) is 7.79. The van der Waals surface area contributed by atoms with E-state index < -0.39 is 0 Å². The van der Waals surface area contributed by atoms with E-state index in [-0.39, 0.29) is 11.6 Å². The lowest BCUT2D eigenvalue weighted by molar-refractivity contribution is -0.116. The van der Waals surface area contributed by atoms with Gasteiger partial charge in [-0.1, -0.05) is 20.7 Å². The molecule has 1 saturated heterocycles. The van der Waals surface area contributed by atoms with E-state index in [0.29, 0.717) is 14.3 Å². The molecule has 144 valence electrons. The quantitative estimate of drug-likeness (QED) is 0.600. The van der Waals surface area contributed by atoms with Gasteiger partial charge in [-0.3, -0.25) is 4.79 Å². The first-order chi connectivity index (χ1) is 13.1. The molecule has 5 nitrogen and oxygen atoms in total. The van der Waals surface area contributed by atoms with Crippen LogP contribution in [0, 0.1) is 5.82 Å². The highest BCUT2D eigenvalue weighted by atomic mass is 31.1. The van der Waals surface area contributed by atoms with E-state index in [2.05, 4.69) is 22.4 Å². The fraction of sp³-hybridized carbons (Fsp3) is 0.350. The molecule has 0 radical (unpaired) electrons. The van der Waals surface area contributed by atoms with Crippen LogP contribution in [0.25, 0.3) is 5.31 Å². The van der Waals surface area contributed by atoms with E-state index in [4.69, 9.17) is 4.74 Å². The maximum absolute atomic E-state index is 13.9. The number of nitrogens with one attached hydrogen (secondary N) is 1. The average molecular weight is 389 g/mol. The predicted octanol–water partition coefficient (Wildman–Crippen LogP) is 2.97. The van der Waals surface area contributed by atoms with Crippen molar-refractivity contribution in [2.75, 3.05) is 33.3 Å². The second kappa shape index (κ2) is 9.16. The van der Waals surface area contributed by atoms with Gasteiger partial charge in [0.25, 0.3) is 0 Å². The Kier molecular flexibility index (Phi) is 6.64. The van der Waals surface area contributed by atoms with Crippen molar-refractivity contribution in [1.29, 1.82) is 0 Å². The van der Waals surface area contributed by atoms with Crippen LogP contribution in [0.15, 0.2) is 48.3 Å². The molecule has 1 aromatic carbocycles. The highest BCUT2D eigenvalue weighted by molar-refractivity contribution is 7.51. The third-order valence-corrected chi connectivity index (χ3v) is 6.34. The number of nitrogens with zero attached hydrogens (tertiary/aromatic N) is 2. The molecule has 0 saturated carbocycles. The second-order valence-electron chi connectivity index (χ2n) is 6.37. The molecular weight excluding hydrogens is 364 g/mol. The summed E-state index contributed by atoms with van der Waals surface area (Å²) in [6, 6.07) is 4.69. The Morgan fingerprint density at radius 1 is 1.33 bits per heavy atom. The molecule has 2 heterocycles. The largest absolute Gasteiger partial charge is 0.497 e. The first kappa shape index (κ1) is 19.6. The lowest BCUT2D eigenvalue weighted by atomic mass is 10.2. The number of hydrogen-bond donors (Lipinski definition) is 1.